The number of fused-ring (bicyclic) bond motifs is 1. The van der Waals surface area contributed by atoms with Gasteiger partial charge in [-0.1, -0.05) is 17.3 Å². The number of rotatable bonds is 4. The van der Waals surface area contributed by atoms with Crippen molar-refractivity contribution in [1.29, 1.82) is 0 Å². The molecule has 0 radical (unpaired) electrons. The molecular weight excluding hydrogens is 373 g/mol. The van der Waals surface area contributed by atoms with Crippen LogP contribution in [0, 0.1) is 5.82 Å². The van der Waals surface area contributed by atoms with Gasteiger partial charge in [-0.05, 0) is 31.5 Å². The van der Waals surface area contributed by atoms with Crippen LogP contribution in [0.4, 0.5) is 4.39 Å². The molecule has 2 aliphatic rings. The Morgan fingerprint density at radius 3 is 2.93 bits per heavy atom. The summed E-state index contributed by atoms with van der Waals surface area (Å²) in [5.41, 5.74) is 6.28. The van der Waals surface area contributed by atoms with Crippen molar-refractivity contribution >= 4 is 23.6 Å². The largest absolute Gasteiger partial charge is 0.340 e. The van der Waals surface area contributed by atoms with E-state index in [-0.39, 0.29) is 22.1 Å². The number of tetrazole rings is 1. The summed E-state index contributed by atoms with van der Waals surface area (Å²) >= 11 is 1.56. The standard InChI is InChI=1S/C16H18FN7O2S/c1-16(2)11(12-20-22-23-21-12)24-14(26)10(15(24)27-16)19-13(25)9(18)7-4-3-5-8(17)6-7/h3-6,9-11,15H,18H2,1-2H3,(H,19,25)(H,20,21,22,23)/t9-,10?,11?,15+/m0/s1. The number of nitrogens with zero attached hydrogens (tertiary/aromatic N) is 4. The van der Waals surface area contributed by atoms with Crippen molar-refractivity contribution in [1.82, 2.24) is 30.8 Å². The number of hydrogen-bond donors (Lipinski definition) is 3. The Morgan fingerprint density at radius 2 is 2.26 bits per heavy atom. The molecule has 4 N–H and O–H groups in total. The number of halogens is 1. The normalized spacial score (nSPS) is 27.0. The van der Waals surface area contributed by atoms with Gasteiger partial charge in [-0.2, -0.15) is 5.21 Å². The molecule has 2 unspecified atom stereocenters. The third-order valence-corrected chi connectivity index (χ3v) is 6.41. The Labute approximate surface area is 158 Å². The minimum Gasteiger partial charge on any atom is -0.340 e. The van der Waals surface area contributed by atoms with E-state index >= 15 is 0 Å². The van der Waals surface area contributed by atoms with Crippen LogP contribution in [-0.2, 0) is 9.59 Å². The van der Waals surface area contributed by atoms with Crippen molar-refractivity contribution in [2.24, 2.45) is 5.73 Å². The Hall–Kier alpha value is -2.53. The van der Waals surface area contributed by atoms with Crippen molar-refractivity contribution < 1.29 is 14.0 Å². The van der Waals surface area contributed by atoms with Crippen molar-refractivity contribution in [3.63, 3.8) is 0 Å². The molecule has 27 heavy (non-hydrogen) atoms. The third-order valence-electron chi connectivity index (χ3n) is 4.84. The van der Waals surface area contributed by atoms with Gasteiger partial charge in [-0.15, -0.1) is 22.0 Å². The predicted molar refractivity (Wildman–Crippen MR) is 94.5 cm³/mol. The fraction of sp³-hybridized carbons (Fsp3) is 0.438. The summed E-state index contributed by atoms with van der Waals surface area (Å²) in [5.74, 6) is -0.796. The van der Waals surface area contributed by atoms with Gasteiger partial charge in [0, 0.05) is 4.75 Å². The topological polar surface area (TPSA) is 130 Å². The lowest BCUT2D eigenvalue weighted by atomic mass is 9.95. The highest BCUT2D eigenvalue weighted by molar-refractivity contribution is 8.01. The van der Waals surface area contributed by atoms with E-state index in [0.29, 0.717) is 11.4 Å². The molecule has 4 rings (SSSR count). The molecule has 3 heterocycles. The molecule has 2 aliphatic heterocycles. The summed E-state index contributed by atoms with van der Waals surface area (Å²) < 4.78 is 13.0. The first-order valence-electron chi connectivity index (χ1n) is 8.34. The maximum atomic E-state index is 13.4. The Bertz CT molecular complexity index is 891. The lowest BCUT2D eigenvalue weighted by Gasteiger charge is -2.44. The predicted octanol–water partition coefficient (Wildman–Crippen LogP) is 0.258. The van der Waals surface area contributed by atoms with Gasteiger partial charge in [0.15, 0.2) is 5.82 Å². The van der Waals surface area contributed by atoms with E-state index in [2.05, 4.69) is 25.9 Å². The Kier molecular flexibility index (Phi) is 4.15. The average molecular weight is 391 g/mol. The number of nitrogens with two attached hydrogens (primary N) is 1. The van der Waals surface area contributed by atoms with Gasteiger partial charge in [0.05, 0.1) is 0 Å². The Balaban J connectivity index is 1.49. The van der Waals surface area contributed by atoms with E-state index in [1.807, 2.05) is 13.8 Å². The molecule has 0 bridgehead atoms. The molecule has 0 saturated carbocycles. The fourth-order valence-corrected chi connectivity index (χ4v) is 5.17. The second-order valence-corrected chi connectivity index (χ2v) is 8.82. The van der Waals surface area contributed by atoms with Crippen molar-refractivity contribution in [3.8, 4) is 0 Å². The van der Waals surface area contributed by atoms with Gasteiger partial charge in [-0.3, -0.25) is 9.59 Å². The number of amides is 2. The van der Waals surface area contributed by atoms with Crippen LogP contribution in [0.2, 0.25) is 0 Å². The van der Waals surface area contributed by atoms with Crippen LogP contribution in [-0.4, -0.2) is 53.5 Å². The number of carbonyl (C=O) groups excluding carboxylic acids is 2. The SMILES string of the molecule is CC1(C)S[C@@H]2C(NC(=O)[C@@H](N)c3cccc(F)c3)C(=O)N2C1c1nn[nH]n1. The molecule has 1 aromatic carbocycles. The van der Waals surface area contributed by atoms with Crippen LogP contribution in [0.3, 0.4) is 0 Å². The minimum absolute atomic E-state index is 0.229. The molecule has 0 aliphatic carbocycles. The molecule has 9 nitrogen and oxygen atoms in total. The van der Waals surface area contributed by atoms with Gasteiger partial charge in [0.1, 0.15) is 29.3 Å². The summed E-state index contributed by atoms with van der Waals surface area (Å²) in [6.45, 7) is 3.98. The van der Waals surface area contributed by atoms with Gasteiger partial charge >= 0.3 is 0 Å². The van der Waals surface area contributed by atoms with Crippen LogP contribution in [0.25, 0.3) is 0 Å². The molecule has 4 atom stereocenters. The van der Waals surface area contributed by atoms with E-state index < -0.39 is 23.8 Å². The maximum Gasteiger partial charge on any atom is 0.249 e. The second-order valence-electron chi connectivity index (χ2n) is 7.05. The molecule has 2 aromatic rings. The zero-order valence-electron chi connectivity index (χ0n) is 14.6. The zero-order valence-corrected chi connectivity index (χ0v) is 15.4. The molecule has 1 aromatic heterocycles. The summed E-state index contributed by atoms with van der Waals surface area (Å²) in [5, 5.41) is 16.4. The highest BCUT2D eigenvalue weighted by atomic mass is 32.2. The first kappa shape index (κ1) is 17.9. The molecule has 2 amide bonds. The number of hydrogen-bond acceptors (Lipinski definition) is 7. The third kappa shape index (κ3) is 2.86. The number of carbonyl (C=O) groups is 2. The number of aromatic nitrogens is 4. The van der Waals surface area contributed by atoms with Crippen molar-refractivity contribution in [2.45, 2.75) is 42.1 Å². The first-order valence-corrected chi connectivity index (χ1v) is 9.22. The van der Waals surface area contributed by atoms with Crippen LogP contribution < -0.4 is 11.1 Å². The quantitative estimate of drug-likeness (QED) is 0.637. The molecule has 2 saturated heterocycles. The summed E-state index contributed by atoms with van der Waals surface area (Å²) in [4.78, 5) is 26.8. The number of thioether (sulfide) groups is 1. The number of aromatic amines is 1. The summed E-state index contributed by atoms with van der Waals surface area (Å²) in [6.07, 6.45) is 0. The summed E-state index contributed by atoms with van der Waals surface area (Å²) in [6, 6.07) is 3.44. The second kappa shape index (κ2) is 6.27. The highest BCUT2D eigenvalue weighted by Crippen LogP contribution is 2.56. The molecule has 0 spiro atoms. The summed E-state index contributed by atoms with van der Waals surface area (Å²) in [7, 11) is 0. The van der Waals surface area contributed by atoms with E-state index in [4.69, 9.17) is 5.73 Å². The van der Waals surface area contributed by atoms with E-state index in [0.717, 1.165) is 0 Å². The monoisotopic (exact) mass is 391 g/mol. The maximum absolute atomic E-state index is 13.4. The van der Waals surface area contributed by atoms with Crippen LogP contribution >= 0.6 is 11.8 Å². The fourth-order valence-electron chi connectivity index (χ4n) is 3.54. The number of H-pyrrole nitrogens is 1. The number of benzene rings is 1. The van der Waals surface area contributed by atoms with Crippen molar-refractivity contribution in [3.05, 3.63) is 41.5 Å². The van der Waals surface area contributed by atoms with Gasteiger partial charge in [0.25, 0.3) is 0 Å². The van der Waals surface area contributed by atoms with Crippen molar-refractivity contribution in [2.75, 3.05) is 0 Å². The van der Waals surface area contributed by atoms with Gasteiger partial charge in [0.2, 0.25) is 11.8 Å². The number of nitrogens with one attached hydrogen (secondary N) is 2. The molecular formula is C16H18FN7O2S. The van der Waals surface area contributed by atoms with Gasteiger partial charge in [-0.25, -0.2) is 4.39 Å². The van der Waals surface area contributed by atoms with Crippen LogP contribution in [0.5, 0.6) is 0 Å². The first-order chi connectivity index (χ1) is 12.8. The van der Waals surface area contributed by atoms with E-state index in [1.54, 1.807) is 22.7 Å². The number of β-lactam (4-membered cyclic amide) rings is 1. The minimum atomic E-state index is -1.06. The Morgan fingerprint density at radius 1 is 1.48 bits per heavy atom. The van der Waals surface area contributed by atoms with Gasteiger partial charge < -0.3 is 16.0 Å². The van der Waals surface area contributed by atoms with Crippen LogP contribution in [0.15, 0.2) is 24.3 Å². The average Bonchev–Trinajstić information content (AvgIpc) is 3.23. The van der Waals surface area contributed by atoms with E-state index in [1.165, 1.54) is 18.2 Å². The zero-order chi connectivity index (χ0) is 19.3. The molecule has 142 valence electrons. The molecule has 2 fully saturated rings. The lowest BCUT2D eigenvalue weighted by Crippen LogP contribution is -2.68. The molecule has 11 heteroatoms. The van der Waals surface area contributed by atoms with E-state index in [9.17, 15) is 14.0 Å². The highest BCUT2D eigenvalue weighted by Gasteiger charge is 2.63. The lowest BCUT2D eigenvalue weighted by molar-refractivity contribution is -0.152. The smallest absolute Gasteiger partial charge is 0.249 e. The van der Waals surface area contributed by atoms with Crippen LogP contribution in [0.1, 0.15) is 37.3 Å².